The standard InChI is InChI=1S/C28H24N2O6S/c1-4-36-19-11-7-17(8-12-19)25(31)23-24(16-5-9-18(34-2)10-6-16)30(27(33)26(23)32)28-29-21-14-13-20(35-3)15-22(21)37-28/h5-15,24,31H,4H2,1-3H3/b25-23+/t24-/m1/s1. The minimum Gasteiger partial charge on any atom is -0.507 e. The van der Waals surface area contributed by atoms with Gasteiger partial charge in [0.15, 0.2) is 5.13 Å². The van der Waals surface area contributed by atoms with E-state index < -0.39 is 17.7 Å². The Morgan fingerprint density at radius 2 is 1.59 bits per heavy atom. The number of benzene rings is 3. The average molecular weight is 517 g/mol. The summed E-state index contributed by atoms with van der Waals surface area (Å²) in [5.41, 5.74) is 1.68. The van der Waals surface area contributed by atoms with E-state index in [4.69, 9.17) is 14.2 Å². The van der Waals surface area contributed by atoms with Gasteiger partial charge in [0.1, 0.15) is 23.0 Å². The molecule has 1 N–H and O–H groups in total. The summed E-state index contributed by atoms with van der Waals surface area (Å²) >= 11 is 1.27. The van der Waals surface area contributed by atoms with Crippen molar-refractivity contribution in [3.8, 4) is 17.2 Å². The van der Waals surface area contributed by atoms with Crippen molar-refractivity contribution in [2.24, 2.45) is 0 Å². The zero-order valence-corrected chi connectivity index (χ0v) is 21.2. The summed E-state index contributed by atoms with van der Waals surface area (Å²) in [6.45, 7) is 2.38. The molecule has 3 aromatic carbocycles. The first-order chi connectivity index (χ1) is 17.9. The number of hydrogen-bond donors (Lipinski definition) is 1. The Morgan fingerprint density at radius 3 is 2.24 bits per heavy atom. The van der Waals surface area contributed by atoms with Crippen LogP contribution in [-0.2, 0) is 9.59 Å². The molecular formula is C28H24N2O6S. The Labute approximate surface area is 217 Å². The van der Waals surface area contributed by atoms with Crippen LogP contribution in [0.5, 0.6) is 17.2 Å². The summed E-state index contributed by atoms with van der Waals surface area (Å²) in [4.78, 5) is 32.8. The molecule has 1 atom stereocenters. The summed E-state index contributed by atoms with van der Waals surface area (Å²) in [5.74, 6) is 0.0956. The van der Waals surface area contributed by atoms with Crippen LogP contribution in [0.25, 0.3) is 16.0 Å². The van der Waals surface area contributed by atoms with Crippen molar-refractivity contribution in [1.29, 1.82) is 0 Å². The lowest BCUT2D eigenvalue weighted by Crippen LogP contribution is -2.29. The van der Waals surface area contributed by atoms with Gasteiger partial charge in [0.2, 0.25) is 0 Å². The van der Waals surface area contributed by atoms with E-state index in [1.807, 2.05) is 13.0 Å². The fourth-order valence-electron chi connectivity index (χ4n) is 4.29. The predicted octanol–water partition coefficient (Wildman–Crippen LogP) is 5.34. The lowest BCUT2D eigenvalue weighted by molar-refractivity contribution is -0.132. The summed E-state index contributed by atoms with van der Waals surface area (Å²) in [7, 11) is 3.13. The van der Waals surface area contributed by atoms with Gasteiger partial charge in [-0.25, -0.2) is 4.98 Å². The lowest BCUT2D eigenvalue weighted by Gasteiger charge is -2.23. The number of thiazole rings is 1. The van der Waals surface area contributed by atoms with Gasteiger partial charge in [-0.2, -0.15) is 0 Å². The molecule has 1 saturated heterocycles. The van der Waals surface area contributed by atoms with Crippen LogP contribution in [0.15, 0.2) is 72.3 Å². The third-order valence-electron chi connectivity index (χ3n) is 6.11. The Morgan fingerprint density at radius 1 is 0.946 bits per heavy atom. The van der Waals surface area contributed by atoms with E-state index in [2.05, 4.69) is 4.98 Å². The monoisotopic (exact) mass is 516 g/mol. The predicted molar refractivity (Wildman–Crippen MR) is 142 cm³/mol. The molecule has 1 aliphatic heterocycles. The number of aliphatic hydroxyl groups excluding tert-OH is 1. The number of hydrogen-bond acceptors (Lipinski definition) is 8. The van der Waals surface area contributed by atoms with Gasteiger partial charge >= 0.3 is 5.91 Å². The molecular weight excluding hydrogens is 492 g/mol. The number of nitrogens with zero attached hydrogens (tertiary/aromatic N) is 2. The summed E-state index contributed by atoms with van der Waals surface area (Å²) in [5, 5.41) is 11.7. The molecule has 1 aliphatic rings. The van der Waals surface area contributed by atoms with Crippen molar-refractivity contribution >= 4 is 44.1 Å². The summed E-state index contributed by atoms with van der Waals surface area (Å²) in [6, 6.07) is 18.3. The van der Waals surface area contributed by atoms with E-state index in [0.29, 0.717) is 45.6 Å². The van der Waals surface area contributed by atoms with Gasteiger partial charge in [-0.15, -0.1) is 0 Å². The van der Waals surface area contributed by atoms with Crippen LogP contribution in [0.3, 0.4) is 0 Å². The minimum absolute atomic E-state index is 0.0174. The largest absolute Gasteiger partial charge is 0.507 e. The first kappa shape index (κ1) is 24.3. The van der Waals surface area contributed by atoms with Gasteiger partial charge < -0.3 is 19.3 Å². The van der Waals surface area contributed by atoms with E-state index in [1.165, 1.54) is 16.2 Å². The molecule has 4 aromatic rings. The van der Waals surface area contributed by atoms with Crippen LogP contribution in [0.4, 0.5) is 5.13 Å². The number of carbonyl (C=O) groups excluding carboxylic acids is 2. The number of aliphatic hydroxyl groups is 1. The number of Topliss-reactive ketones (excluding diaryl/α,β-unsaturated/α-hetero) is 1. The van der Waals surface area contributed by atoms with Crippen LogP contribution >= 0.6 is 11.3 Å². The molecule has 5 rings (SSSR count). The molecule has 1 aromatic heterocycles. The highest BCUT2D eigenvalue weighted by Gasteiger charge is 2.48. The number of rotatable bonds is 7. The van der Waals surface area contributed by atoms with E-state index in [9.17, 15) is 14.7 Å². The highest BCUT2D eigenvalue weighted by Crippen LogP contribution is 2.45. The highest BCUT2D eigenvalue weighted by molar-refractivity contribution is 7.22. The van der Waals surface area contributed by atoms with E-state index in [1.54, 1.807) is 74.9 Å². The number of ether oxygens (including phenoxy) is 3. The highest BCUT2D eigenvalue weighted by atomic mass is 32.1. The van der Waals surface area contributed by atoms with Crippen LogP contribution < -0.4 is 19.1 Å². The summed E-state index contributed by atoms with van der Waals surface area (Å²) in [6.07, 6.45) is 0. The maximum absolute atomic E-state index is 13.4. The SMILES string of the molecule is CCOc1ccc(/C(O)=C2\C(=O)C(=O)N(c3nc4ccc(OC)cc4s3)[C@@H]2c2ccc(OC)cc2)cc1. The number of amides is 1. The van der Waals surface area contributed by atoms with E-state index in [-0.39, 0.29) is 11.3 Å². The molecule has 188 valence electrons. The van der Waals surface area contributed by atoms with E-state index in [0.717, 1.165) is 4.70 Å². The Kier molecular flexibility index (Phi) is 6.54. The van der Waals surface area contributed by atoms with Crippen LogP contribution in [0.2, 0.25) is 0 Å². The molecule has 9 heteroatoms. The van der Waals surface area contributed by atoms with Crippen LogP contribution in [0, 0.1) is 0 Å². The molecule has 0 spiro atoms. The number of ketones is 1. The van der Waals surface area contributed by atoms with Gasteiger partial charge in [-0.1, -0.05) is 23.5 Å². The van der Waals surface area contributed by atoms with Gasteiger partial charge in [-0.05, 0) is 67.1 Å². The minimum atomic E-state index is -0.889. The molecule has 0 aliphatic carbocycles. The topological polar surface area (TPSA) is 98.2 Å². The van der Waals surface area contributed by atoms with Crippen molar-refractivity contribution in [1.82, 2.24) is 4.98 Å². The normalized spacial score (nSPS) is 16.8. The quantitative estimate of drug-likeness (QED) is 0.201. The summed E-state index contributed by atoms with van der Waals surface area (Å²) < 4.78 is 16.9. The number of carbonyl (C=O) groups is 2. The Balaban J connectivity index is 1.67. The van der Waals surface area contributed by atoms with Crippen LogP contribution in [-0.4, -0.2) is 42.6 Å². The second-order valence-electron chi connectivity index (χ2n) is 8.23. The fraction of sp³-hybridized carbons (Fsp3) is 0.179. The second-order valence-corrected chi connectivity index (χ2v) is 9.24. The molecule has 0 unspecified atom stereocenters. The first-order valence-corrected chi connectivity index (χ1v) is 12.4. The molecule has 0 radical (unpaired) electrons. The zero-order chi connectivity index (χ0) is 26.1. The lowest BCUT2D eigenvalue weighted by atomic mass is 9.95. The second kappa shape index (κ2) is 9.94. The maximum Gasteiger partial charge on any atom is 0.301 e. The van der Waals surface area contributed by atoms with E-state index >= 15 is 0 Å². The van der Waals surface area contributed by atoms with Gasteiger partial charge in [0.05, 0.1) is 42.7 Å². The van der Waals surface area contributed by atoms with Crippen molar-refractivity contribution in [3.05, 3.63) is 83.4 Å². The zero-order valence-electron chi connectivity index (χ0n) is 20.4. The third kappa shape index (κ3) is 4.38. The number of aromatic nitrogens is 1. The van der Waals surface area contributed by atoms with Crippen molar-refractivity contribution in [2.45, 2.75) is 13.0 Å². The Hall–Kier alpha value is -4.37. The molecule has 1 fully saturated rings. The van der Waals surface area contributed by atoms with Gasteiger partial charge in [0, 0.05) is 5.56 Å². The number of anilines is 1. The number of fused-ring (bicyclic) bond motifs is 1. The fourth-order valence-corrected chi connectivity index (χ4v) is 5.31. The molecule has 1 amide bonds. The third-order valence-corrected chi connectivity index (χ3v) is 7.12. The van der Waals surface area contributed by atoms with Gasteiger partial charge in [0.25, 0.3) is 5.78 Å². The molecule has 8 nitrogen and oxygen atoms in total. The Bertz CT molecular complexity index is 1510. The smallest absolute Gasteiger partial charge is 0.301 e. The molecule has 37 heavy (non-hydrogen) atoms. The van der Waals surface area contributed by atoms with Crippen molar-refractivity contribution < 1.29 is 28.9 Å². The molecule has 0 bridgehead atoms. The number of methoxy groups -OCH3 is 2. The van der Waals surface area contributed by atoms with Gasteiger partial charge in [-0.3, -0.25) is 14.5 Å². The van der Waals surface area contributed by atoms with Crippen molar-refractivity contribution in [3.63, 3.8) is 0 Å². The maximum atomic E-state index is 13.4. The average Bonchev–Trinajstić information content (AvgIpc) is 3.46. The molecule has 0 saturated carbocycles. The van der Waals surface area contributed by atoms with Crippen LogP contribution in [0.1, 0.15) is 24.1 Å². The van der Waals surface area contributed by atoms with Crippen molar-refractivity contribution in [2.75, 3.05) is 25.7 Å². The molecule has 2 heterocycles. The first-order valence-electron chi connectivity index (χ1n) is 11.6.